The van der Waals surface area contributed by atoms with Crippen molar-refractivity contribution in [3.63, 3.8) is 0 Å². The Labute approximate surface area is 102 Å². The van der Waals surface area contributed by atoms with E-state index in [2.05, 4.69) is 5.32 Å². The fourth-order valence-corrected chi connectivity index (χ4v) is 1.66. The molecule has 94 valence electrons. The molecule has 1 unspecified atom stereocenters. The first-order chi connectivity index (χ1) is 8.26. The van der Waals surface area contributed by atoms with Crippen LogP contribution in [-0.4, -0.2) is 32.2 Å². The first kappa shape index (κ1) is 13.7. The van der Waals surface area contributed by atoms with Gasteiger partial charge >= 0.3 is 0 Å². The van der Waals surface area contributed by atoms with E-state index >= 15 is 0 Å². The van der Waals surface area contributed by atoms with Crippen molar-refractivity contribution in [2.24, 2.45) is 5.73 Å². The van der Waals surface area contributed by atoms with E-state index < -0.39 is 0 Å². The van der Waals surface area contributed by atoms with Crippen LogP contribution in [-0.2, 0) is 16.0 Å². The highest BCUT2D eigenvalue weighted by Crippen LogP contribution is 2.00. The van der Waals surface area contributed by atoms with Gasteiger partial charge in [0.15, 0.2) is 0 Å². The van der Waals surface area contributed by atoms with Gasteiger partial charge in [0.05, 0.1) is 19.1 Å². The lowest BCUT2D eigenvalue weighted by Gasteiger charge is -2.17. The highest BCUT2D eigenvalue weighted by atomic mass is 16.5. The molecule has 1 amide bonds. The highest BCUT2D eigenvalue weighted by molar-refractivity contribution is 5.78. The second kappa shape index (κ2) is 7.81. The summed E-state index contributed by atoms with van der Waals surface area (Å²) in [5, 5.41) is 2.92. The number of rotatable bonds is 7. The van der Waals surface area contributed by atoms with E-state index in [4.69, 9.17) is 10.5 Å². The van der Waals surface area contributed by atoms with Crippen LogP contribution in [0.2, 0.25) is 0 Å². The van der Waals surface area contributed by atoms with Gasteiger partial charge in [-0.15, -0.1) is 0 Å². The largest absolute Gasteiger partial charge is 0.383 e. The molecular formula is C13H20N2O2. The molecule has 0 heterocycles. The minimum absolute atomic E-state index is 0.00112. The lowest BCUT2D eigenvalue weighted by Crippen LogP contribution is -2.40. The molecule has 4 heteroatoms. The topological polar surface area (TPSA) is 64.3 Å². The van der Waals surface area contributed by atoms with Crippen molar-refractivity contribution in [1.29, 1.82) is 0 Å². The average molecular weight is 236 g/mol. The summed E-state index contributed by atoms with van der Waals surface area (Å²) in [6.07, 6.45) is 1.12. The summed E-state index contributed by atoms with van der Waals surface area (Å²) in [7, 11) is 1.62. The summed E-state index contributed by atoms with van der Waals surface area (Å²) in [5.41, 5.74) is 6.49. The number of benzene rings is 1. The zero-order valence-corrected chi connectivity index (χ0v) is 10.2. The molecular weight excluding hydrogens is 216 g/mol. The third-order valence-electron chi connectivity index (χ3n) is 2.46. The van der Waals surface area contributed by atoms with Gasteiger partial charge in [0.2, 0.25) is 5.91 Å². The molecule has 0 saturated heterocycles. The quantitative estimate of drug-likeness (QED) is 0.733. The molecule has 0 aromatic heterocycles. The highest BCUT2D eigenvalue weighted by Gasteiger charge is 2.11. The van der Waals surface area contributed by atoms with E-state index in [1.54, 1.807) is 7.11 Å². The van der Waals surface area contributed by atoms with Crippen LogP contribution in [0.3, 0.4) is 0 Å². The first-order valence-corrected chi connectivity index (χ1v) is 5.78. The number of carbonyl (C=O) groups excluding carboxylic acids is 1. The third-order valence-corrected chi connectivity index (χ3v) is 2.46. The molecule has 0 bridgehead atoms. The van der Waals surface area contributed by atoms with Crippen molar-refractivity contribution in [1.82, 2.24) is 5.32 Å². The average Bonchev–Trinajstić information content (AvgIpc) is 2.30. The molecule has 1 rings (SSSR count). The number of nitrogens with one attached hydrogen (secondary N) is 1. The molecule has 1 aromatic carbocycles. The molecule has 0 aliphatic heterocycles. The molecule has 1 atom stereocenters. The summed E-state index contributed by atoms with van der Waals surface area (Å²) < 4.78 is 5.04. The zero-order chi connectivity index (χ0) is 12.5. The van der Waals surface area contributed by atoms with Crippen LogP contribution in [0.5, 0.6) is 0 Å². The van der Waals surface area contributed by atoms with Gasteiger partial charge in [-0.1, -0.05) is 30.3 Å². The Bertz CT molecular complexity index is 321. The maximum Gasteiger partial charge on any atom is 0.224 e. The van der Waals surface area contributed by atoms with Gasteiger partial charge in [-0.2, -0.15) is 0 Å². The fraction of sp³-hybridized carbons (Fsp3) is 0.462. The Morgan fingerprint density at radius 3 is 2.71 bits per heavy atom. The minimum Gasteiger partial charge on any atom is -0.383 e. The molecule has 3 N–H and O–H groups in total. The molecule has 0 aliphatic rings. The van der Waals surface area contributed by atoms with Crippen molar-refractivity contribution in [2.45, 2.75) is 18.9 Å². The predicted molar refractivity (Wildman–Crippen MR) is 67.6 cm³/mol. The number of ether oxygens (including phenoxy) is 1. The Hall–Kier alpha value is -1.39. The summed E-state index contributed by atoms with van der Waals surface area (Å²) in [6.45, 7) is 1.04. The molecule has 0 spiro atoms. The maximum atomic E-state index is 11.8. The summed E-state index contributed by atoms with van der Waals surface area (Å²) in [6, 6.07) is 9.66. The van der Waals surface area contributed by atoms with Crippen molar-refractivity contribution in [3.8, 4) is 0 Å². The molecule has 4 nitrogen and oxygen atoms in total. The van der Waals surface area contributed by atoms with E-state index in [9.17, 15) is 4.79 Å². The summed E-state index contributed by atoms with van der Waals surface area (Å²) in [5.74, 6) is 0.00620. The third kappa shape index (κ3) is 5.47. The van der Waals surface area contributed by atoms with Crippen molar-refractivity contribution < 1.29 is 9.53 Å². The fourth-order valence-electron chi connectivity index (χ4n) is 1.66. The van der Waals surface area contributed by atoms with Crippen LogP contribution in [0.25, 0.3) is 0 Å². The van der Waals surface area contributed by atoms with Crippen molar-refractivity contribution in [2.75, 3.05) is 20.3 Å². The maximum absolute atomic E-state index is 11.8. The lowest BCUT2D eigenvalue weighted by atomic mass is 10.1. The second-order valence-corrected chi connectivity index (χ2v) is 3.96. The number of methoxy groups -OCH3 is 1. The van der Waals surface area contributed by atoms with Gasteiger partial charge in [-0.25, -0.2) is 0 Å². The van der Waals surface area contributed by atoms with E-state index in [0.717, 1.165) is 12.0 Å². The Balaban J connectivity index is 2.42. The molecule has 0 saturated carbocycles. The number of carbonyl (C=O) groups is 1. The lowest BCUT2D eigenvalue weighted by molar-refractivity contribution is -0.121. The number of nitrogens with two attached hydrogens (primary N) is 1. The van der Waals surface area contributed by atoms with Crippen molar-refractivity contribution in [3.05, 3.63) is 35.9 Å². The Morgan fingerprint density at radius 1 is 1.41 bits per heavy atom. The summed E-state index contributed by atoms with van der Waals surface area (Å²) in [4.78, 5) is 11.8. The molecule has 0 aliphatic carbocycles. The van der Waals surface area contributed by atoms with E-state index in [-0.39, 0.29) is 11.9 Å². The van der Waals surface area contributed by atoms with Gasteiger partial charge in [0.25, 0.3) is 0 Å². The number of hydrogen-bond donors (Lipinski definition) is 2. The van der Waals surface area contributed by atoms with Crippen LogP contribution in [0, 0.1) is 0 Å². The van der Waals surface area contributed by atoms with Gasteiger partial charge in [0, 0.05) is 7.11 Å². The van der Waals surface area contributed by atoms with Crippen LogP contribution >= 0.6 is 0 Å². The zero-order valence-electron chi connectivity index (χ0n) is 10.2. The number of amides is 1. The smallest absolute Gasteiger partial charge is 0.224 e. The number of hydrogen-bond acceptors (Lipinski definition) is 3. The Kier molecular flexibility index (Phi) is 6.29. The van der Waals surface area contributed by atoms with Crippen LogP contribution < -0.4 is 11.1 Å². The monoisotopic (exact) mass is 236 g/mol. The Morgan fingerprint density at radius 2 is 2.12 bits per heavy atom. The van der Waals surface area contributed by atoms with E-state index in [1.165, 1.54) is 0 Å². The van der Waals surface area contributed by atoms with Crippen molar-refractivity contribution >= 4 is 5.91 Å². The molecule has 0 fully saturated rings. The van der Waals surface area contributed by atoms with E-state index in [1.807, 2.05) is 30.3 Å². The van der Waals surface area contributed by atoms with Crippen LogP contribution in [0.4, 0.5) is 0 Å². The standard InChI is InChI=1S/C13H20N2O2/c1-17-10-12(7-8-14)15-13(16)9-11-5-3-2-4-6-11/h2-6,12H,7-10,14H2,1H3,(H,15,16). The van der Waals surface area contributed by atoms with Gasteiger partial charge in [-0.3, -0.25) is 4.79 Å². The molecule has 17 heavy (non-hydrogen) atoms. The van der Waals surface area contributed by atoms with Gasteiger partial charge in [0.1, 0.15) is 0 Å². The minimum atomic E-state index is 0.00112. The second-order valence-electron chi connectivity index (χ2n) is 3.96. The molecule has 0 radical (unpaired) electrons. The molecule has 1 aromatic rings. The van der Waals surface area contributed by atoms with E-state index in [0.29, 0.717) is 19.6 Å². The SMILES string of the molecule is COCC(CCN)NC(=O)Cc1ccccc1. The predicted octanol–water partition coefficient (Wildman–Crippen LogP) is 0.709. The normalized spacial score (nSPS) is 12.1. The van der Waals surface area contributed by atoms with Gasteiger partial charge in [-0.05, 0) is 18.5 Å². The summed E-state index contributed by atoms with van der Waals surface area (Å²) >= 11 is 0. The first-order valence-electron chi connectivity index (χ1n) is 5.78. The van der Waals surface area contributed by atoms with Crippen LogP contribution in [0.1, 0.15) is 12.0 Å². The van der Waals surface area contributed by atoms with Gasteiger partial charge < -0.3 is 15.8 Å². The van der Waals surface area contributed by atoms with Crippen LogP contribution in [0.15, 0.2) is 30.3 Å².